The molecule has 224 valence electrons. The summed E-state index contributed by atoms with van der Waals surface area (Å²) in [5, 5.41) is 7.13. The van der Waals surface area contributed by atoms with Crippen molar-refractivity contribution in [3.05, 3.63) is 168 Å². The molecule has 2 heterocycles. The van der Waals surface area contributed by atoms with Crippen molar-refractivity contribution in [2.45, 2.75) is 25.3 Å². The van der Waals surface area contributed by atoms with Crippen molar-refractivity contribution in [1.82, 2.24) is 0 Å². The molecule has 1 aliphatic rings. The third-order valence-corrected chi connectivity index (χ3v) is 9.51. The van der Waals surface area contributed by atoms with Crippen LogP contribution < -0.4 is 0 Å². The molecular weight excluding hydrogens is 572 g/mol. The van der Waals surface area contributed by atoms with E-state index < -0.39 is 0 Å². The number of fused-ring (bicyclic) bond motifs is 6. The lowest BCUT2D eigenvalue weighted by Crippen LogP contribution is -2.12. The van der Waals surface area contributed by atoms with E-state index >= 15 is 0 Å². The van der Waals surface area contributed by atoms with Gasteiger partial charge in [0.2, 0.25) is 0 Å². The van der Waals surface area contributed by atoms with E-state index in [1.807, 2.05) is 6.07 Å². The molecule has 0 N–H and O–H groups in total. The normalized spacial score (nSPS) is 17.7. The fraction of sp³-hybridized carbons (Fsp3) is 0.0909. The zero-order valence-electron chi connectivity index (χ0n) is 25.9. The first-order valence-electron chi connectivity index (χ1n) is 16.4. The van der Waals surface area contributed by atoms with Crippen LogP contribution in [0.25, 0.3) is 54.6 Å². The van der Waals surface area contributed by atoms with Crippen LogP contribution in [0.15, 0.2) is 166 Å². The van der Waals surface area contributed by atoms with Gasteiger partial charge in [0.1, 0.15) is 11.2 Å². The lowest BCUT2D eigenvalue weighted by Gasteiger charge is -2.19. The van der Waals surface area contributed by atoms with Gasteiger partial charge in [0.25, 0.3) is 0 Å². The summed E-state index contributed by atoms with van der Waals surface area (Å²) in [6, 6.07) is 53.8. The minimum Gasteiger partial charge on any atom is -0.455 e. The summed E-state index contributed by atoms with van der Waals surface area (Å²) in [4.78, 5) is 10.6. The highest BCUT2D eigenvalue weighted by Gasteiger charge is 2.20. The van der Waals surface area contributed by atoms with Crippen molar-refractivity contribution in [1.29, 1.82) is 0 Å². The van der Waals surface area contributed by atoms with Crippen molar-refractivity contribution in [3.63, 3.8) is 0 Å². The third-order valence-electron chi connectivity index (χ3n) is 9.51. The summed E-state index contributed by atoms with van der Waals surface area (Å²) >= 11 is 0. The molecule has 9 rings (SSSR count). The van der Waals surface area contributed by atoms with Gasteiger partial charge in [-0.1, -0.05) is 127 Å². The van der Waals surface area contributed by atoms with Crippen molar-refractivity contribution in [2.24, 2.45) is 9.98 Å². The van der Waals surface area contributed by atoms with E-state index in [0.29, 0.717) is 0 Å². The monoisotopic (exact) mass is 604 g/mol. The van der Waals surface area contributed by atoms with E-state index in [2.05, 4.69) is 146 Å². The predicted molar refractivity (Wildman–Crippen MR) is 197 cm³/mol. The SMILES string of the molecule is c1ccc(C2=N/C(c3ccc4oc5c6ccccc6ccc5c4c3)CCC/C(c3ccc(-c4ccc5ccccc5c4)cc3)=N\2)cc1. The lowest BCUT2D eigenvalue weighted by molar-refractivity contribution is 0.622. The zero-order valence-corrected chi connectivity index (χ0v) is 25.9. The van der Waals surface area contributed by atoms with Crippen molar-refractivity contribution in [3.8, 4) is 11.1 Å². The second-order valence-electron chi connectivity index (χ2n) is 12.4. The molecule has 47 heavy (non-hydrogen) atoms. The standard InChI is InChI=1S/C44H32N2O/c1-2-11-33(12-3-1)44-45-40(32-20-17-30(18-21-32)35-22-19-29-9-4-5-13-34(29)27-35)15-8-16-41(46-44)36-24-26-42-39(28-36)38-25-23-31-10-6-7-14-37(31)43(38)47-42/h1-7,9-14,17-28,41H,8,15-16H2/b45-40+,46-44-. The Kier molecular flexibility index (Phi) is 6.75. The Bertz CT molecular complexity index is 2490. The van der Waals surface area contributed by atoms with E-state index in [9.17, 15) is 0 Å². The number of hydrogen-bond donors (Lipinski definition) is 0. The Morgan fingerprint density at radius 3 is 2.11 bits per heavy atom. The van der Waals surface area contributed by atoms with Crippen LogP contribution >= 0.6 is 0 Å². The fourth-order valence-corrected chi connectivity index (χ4v) is 7.02. The van der Waals surface area contributed by atoms with Gasteiger partial charge in [-0.3, -0.25) is 4.99 Å². The van der Waals surface area contributed by atoms with Crippen LogP contribution in [0.5, 0.6) is 0 Å². The molecule has 0 aliphatic carbocycles. The molecule has 7 aromatic carbocycles. The maximum Gasteiger partial charge on any atom is 0.155 e. The molecule has 1 aliphatic heterocycles. The van der Waals surface area contributed by atoms with Crippen LogP contribution in [0.1, 0.15) is 42.0 Å². The first-order valence-corrected chi connectivity index (χ1v) is 16.4. The Balaban J connectivity index is 1.09. The van der Waals surface area contributed by atoms with E-state index in [4.69, 9.17) is 14.4 Å². The largest absolute Gasteiger partial charge is 0.455 e. The number of aliphatic imine (C=N–C) groups is 2. The lowest BCUT2D eigenvalue weighted by atomic mass is 9.95. The molecule has 0 amide bonds. The Hall–Kier alpha value is -5.80. The molecule has 0 saturated heterocycles. The van der Waals surface area contributed by atoms with Crippen LogP contribution in [0.4, 0.5) is 0 Å². The summed E-state index contributed by atoms with van der Waals surface area (Å²) in [5.74, 6) is 0.784. The fourth-order valence-electron chi connectivity index (χ4n) is 7.02. The molecule has 0 saturated carbocycles. The first-order chi connectivity index (χ1) is 23.3. The molecule has 3 nitrogen and oxygen atoms in total. The quantitative estimate of drug-likeness (QED) is 0.197. The summed E-state index contributed by atoms with van der Waals surface area (Å²) in [7, 11) is 0. The number of benzene rings is 7. The Morgan fingerprint density at radius 1 is 0.511 bits per heavy atom. The predicted octanol–water partition coefficient (Wildman–Crippen LogP) is 11.7. The molecule has 1 aromatic heterocycles. The molecule has 0 spiro atoms. The second kappa shape index (κ2) is 11.5. The van der Waals surface area contributed by atoms with Crippen molar-refractivity contribution < 1.29 is 4.42 Å². The van der Waals surface area contributed by atoms with Crippen LogP contribution in [0, 0.1) is 0 Å². The molecular formula is C44H32N2O. The Labute approximate surface area is 273 Å². The van der Waals surface area contributed by atoms with E-state index in [-0.39, 0.29) is 6.04 Å². The van der Waals surface area contributed by atoms with Crippen LogP contribution in [-0.2, 0) is 0 Å². The van der Waals surface area contributed by atoms with Gasteiger partial charge in [-0.05, 0) is 81.9 Å². The van der Waals surface area contributed by atoms with Gasteiger partial charge in [0, 0.05) is 21.7 Å². The summed E-state index contributed by atoms with van der Waals surface area (Å²) < 4.78 is 6.40. The topological polar surface area (TPSA) is 37.9 Å². The van der Waals surface area contributed by atoms with Crippen LogP contribution in [0.2, 0.25) is 0 Å². The molecule has 1 unspecified atom stereocenters. The van der Waals surface area contributed by atoms with E-state index in [1.54, 1.807) is 0 Å². The maximum atomic E-state index is 6.40. The van der Waals surface area contributed by atoms with Gasteiger partial charge >= 0.3 is 0 Å². The molecule has 0 fully saturated rings. The van der Waals surface area contributed by atoms with Gasteiger partial charge < -0.3 is 4.42 Å². The van der Waals surface area contributed by atoms with Gasteiger partial charge in [-0.2, -0.15) is 0 Å². The van der Waals surface area contributed by atoms with Gasteiger partial charge in [0.05, 0.1) is 11.8 Å². The smallest absolute Gasteiger partial charge is 0.155 e. The Morgan fingerprint density at radius 2 is 1.23 bits per heavy atom. The molecule has 8 aromatic rings. The summed E-state index contributed by atoms with van der Waals surface area (Å²) in [6.07, 6.45) is 2.83. The number of furan rings is 1. The van der Waals surface area contributed by atoms with Gasteiger partial charge in [0.15, 0.2) is 5.84 Å². The first kappa shape index (κ1) is 27.5. The number of hydrogen-bond acceptors (Lipinski definition) is 3. The van der Waals surface area contributed by atoms with E-state index in [0.717, 1.165) is 69.3 Å². The number of rotatable bonds is 4. The summed E-state index contributed by atoms with van der Waals surface area (Å²) in [5.41, 5.74) is 8.74. The van der Waals surface area contributed by atoms with Gasteiger partial charge in [-0.15, -0.1) is 0 Å². The molecule has 3 heteroatoms. The number of amidine groups is 1. The molecule has 1 atom stereocenters. The maximum absolute atomic E-state index is 6.40. The summed E-state index contributed by atoms with van der Waals surface area (Å²) in [6.45, 7) is 0. The van der Waals surface area contributed by atoms with E-state index in [1.165, 1.54) is 32.8 Å². The zero-order chi connectivity index (χ0) is 31.2. The highest BCUT2D eigenvalue weighted by molar-refractivity contribution is 6.15. The van der Waals surface area contributed by atoms with Gasteiger partial charge in [-0.25, -0.2) is 4.99 Å². The second-order valence-corrected chi connectivity index (χ2v) is 12.4. The molecule has 0 bridgehead atoms. The average molecular weight is 605 g/mol. The average Bonchev–Trinajstić information content (AvgIpc) is 3.51. The highest BCUT2D eigenvalue weighted by Crippen LogP contribution is 2.37. The highest BCUT2D eigenvalue weighted by atomic mass is 16.3. The van der Waals surface area contributed by atoms with Crippen molar-refractivity contribution >= 4 is 55.0 Å². The molecule has 0 radical (unpaired) electrons. The van der Waals surface area contributed by atoms with Crippen molar-refractivity contribution in [2.75, 3.05) is 0 Å². The third kappa shape index (κ3) is 5.10. The van der Waals surface area contributed by atoms with Crippen LogP contribution in [0.3, 0.4) is 0 Å². The minimum atomic E-state index is 0.000548. The van der Waals surface area contributed by atoms with Crippen LogP contribution in [-0.4, -0.2) is 11.5 Å². The minimum absolute atomic E-state index is 0.000548. The number of nitrogens with zero attached hydrogens (tertiary/aromatic N) is 2.